The number of carbonyl (C=O) groups is 1. The van der Waals surface area contributed by atoms with Crippen LogP contribution in [0.15, 0.2) is 81.8 Å². The molecule has 9 heteroatoms. The fourth-order valence-electron chi connectivity index (χ4n) is 2.88. The Morgan fingerprint density at radius 1 is 1.09 bits per heavy atom. The van der Waals surface area contributed by atoms with Gasteiger partial charge in [0.2, 0.25) is 0 Å². The van der Waals surface area contributed by atoms with E-state index in [1.165, 1.54) is 33.0 Å². The Hall–Kier alpha value is -3.43. The minimum Gasteiger partial charge on any atom is -0.492 e. The van der Waals surface area contributed by atoms with E-state index in [9.17, 15) is 9.59 Å². The number of amides is 1. The van der Waals surface area contributed by atoms with Gasteiger partial charge in [0, 0.05) is 21.9 Å². The monoisotopic (exact) mass is 464 g/mol. The zero-order chi connectivity index (χ0) is 22.3. The normalized spacial score (nSPS) is 10.7. The summed E-state index contributed by atoms with van der Waals surface area (Å²) in [6.07, 6.45) is 2.03. The molecule has 0 spiro atoms. The minimum absolute atomic E-state index is 0.130. The zero-order valence-electron chi connectivity index (χ0n) is 17.2. The Balaban J connectivity index is 1.40. The summed E-state index contributed by atoms with van der Waals surface area (Å²) < 4.78 is 6.83. The molecule has 0 aliphatic carbocycles. The summed E-state index contributed by atoms with van der Waals surface area (Å²) in [6.45, 7) is 0.482. The molecule has 0 bridgehead atoms. The van der Waals surface area contributed by atoms with Crippen LogP contribution in [0.3, 0.4) is 0 Å². The highest BCUT2D eigenvalue weighted by atomic mass is 32.2. The summed E-state index contributed by atoms with van der Waals surface area (Å²) in [4.78, 5) is 30.4. The number of para-hydroxylation sites is 1. The first-order chi connectivity index (χ1) is 15.6. The molecule has 2 aromatic heterocycles. The lowest BCUT2D eigenvalue weighted by atomic mass is 10.2. The first kappa shape index (κ1) is 21.8. The van der Waals surface area contributed by atoms with E-state index in [0.717, 1.165) is 11.3 Å². The highest BCUT2D eigenvalue weighted by molar-refractivity contribution is 7.98. The summed E-state index contributed by atoms with van der Waals surface area (Å²) in [5.41, 5.74) is 1.59. The van der Waals surface area contributed by atoms with Crippen LogP contribution < -0.4 is 15.6 Å². The van der Waals surface area contributed by atoms with Crippen molar-refractivity contribution >= 4 is 34.1 Å². The van der Waals surface area contributed by atoms with Crippen LogP contribution in [-0.4, -0.2) is 33.5 Å². The molecule has 0 aliphatic heterocycles. The zero-order valence-corrected chi connectivity index (χ0v) is 18.9. The highest BCUT2D eigenvalue weighted by Crippen LogP contribution is 2.26. The van der Waals surface area contributed by atoms with Gasteiger partial charge < -0.3 is 4.74 Å². The van der Waals surface area contributed by atoms with Gasteiger partial charge in [0.15, 0.2) is 5.13 Å². The lowest BCUT2D eigenvalue weighted by Crippen LogP contribution is -2.28. The van der Waals surface area contributed by atoms with E-state index in [1.54, 1.807) is 11.8 Å². The number of carbonyl (C=O) groups excluding carboxylic acids is 1. The number of thiazole rings is 1. The summed E-state index contributed by atoms with van der Waals surface area (Å²) in [5.74, 6) is 0.276. The van der Waals surface area contributed by atoms with Crippen LogP contribution in [-0.2, 0) is 6.54 Å². The van der Waals surface area contributed by atoms with Gasteiger partial charge in [0.1, 0.15) is 18.1 Å². The van der Waals surface area contributed by atoms with E-state index in [-0.39, 0.29) is 24.4 Å². The second-order valence-corrected chi connectivity index (χ2v) is 8.40. The maximum atomic E-state index is 12.6. The van der Waals surface area contributed by atoms with Crippen LogP contribution in [0.1, 0.15) is 10.5 Å². The SMILES string of the molecule is CSc1ccc(-c2csc(NC(=O)c3ccc(=O)n(CCOc4ccccc4)n3)n2)cc1. The van der Waals surface area contributed by atoms with Gasteiger partial charge in [0.25, 0.3) is 11.5 Å². The Bertz CT molecular complexity index is 1250. The number of hydrogen-bond acceptors (Lipinski definition) is 7. The van der Waals surface area contributed by atoms with Crippen LogP contribution in [0.4, 0.5) is 5.13 Å². The predicted octanol–water partition coefficient (Wildman–Crippen LogP) is 4.42. The standard InChI is InChI=1S/C23H20N4O3S2/c1-31-18-9-7-16(8-10-18)20-15-32-23(24-20)25-22(29)19-11-12-21(28)27(26-19)13-14-30-17-5-3-2-4-6-17/h2-12,15H,13-14H2,1H3,(H,24,25,29). The summed E-state index contributed by atoms with van der Waals surface area (Å²) in [6, 6.07) is 20.1. The lowest BCUT2D eigenvalue weighted by Gasteiger charge is -2.08. The smallest absolute Gasteiger partial charge is 0.277 e. The number of aromatic nitrogens is 3. The Kier molecular flexibility index (Phi) is 6.98. The van der Waals surface area contributed by atoms with E-state index in [0.29, 0.717) is 10.9 Å². The number of benzene rings is 2. The quantitative estimate of drug-likeness (QED) is 0.389. The summed E-state index contributed by atoms with van der Waals surface area (Å²) >= 11 is 3.01. The second kappa shape index (κ2) is 10.3. The van der Waals surface area contributed by atoms with Crippen molar-refractivity contribution in [3.8, 4) is 17.0 Å². The number of rotatable bonds is 8. The minimum atomic E-state index is -0.429. The third-order valence-electron chi connectivity index (χ3n) is 4.52. The molecule has 2 aromatic carbocycles. The van der Waals surface area contributed by atoms with E-state index in [4.69, 9.17) is 4.74 Å². The molecular weight excluding hydrogens is 444 g/mol. The third-order valence-corrected chi connectivity index (χ3v) is 6.03. The summed E-state index contributed by atoms with van der Waals surface area (Å²) in [7, 11) is 0. The van der Waals surface area contributed by atoms with Gasteiger partial charge in [-0.15, -0.1) is 23.1 Å². The molecule has 0 fully saturated rings. The number of anilines is 1. The number of hydrogen-bond donors (Lipinski definition) is 1. The van der Waals surface area contributed by atoms with Gasteiger partial charge >= 0.3 is 0 Å². The van der Waals surface area contributed by atoms with Crippen molar-refractivity contribution in [2.75, 3.05) is 18.2 Å². The van der Waals surface area contributed by atoms with Crippen molar-refractivity contribution in [3.63, 3.8) is 0 Å². The van der Waals surface area contributed by atoms with Crippen LogP contribution >= 0.6 is 23.1 Å². The van der Waals surface area contributed by atoms with Crippen molar-refractivity contribution in [2.45, 2.75) is 11.4 Å². The fraction of sp³-hybridized carbons (Fsp3) is 0.130. The molecule has 0 aliphatic rings. The van der Waals surface area contributed by atoms with Crippen molar-refractivity contribution in [3.05, 3.63) is 88.2 Å². The Morgan fingerprint density at radius 3 is 2.62 bits per heavy atom. The number of thioether (sulfide) groups is 1. The molecule has 0 unspecified atom stereocenters. The molecule has 1 amide bonds. The predicted molar refractivity (Wildman–Crippen MR) is 128 cm³/mol. The average Bonchev–Trinajstić information content (AvgIpc) is 3.29. The maximum Gasteiger partial charge on any atom is 0.277 e. The van der Waals surface area contributed by atoms with E-state index in [2.05, 4.69) is 15.4 Å². The van der Waals surface area contributed by atoms with Crippen LogP contribution in [0, 0.1) is 0 Å². The van der Waals surface area contributed by atoms with Gasteiger partial charge in [-0.05, 0) is 36.6 Å². The van der Waals surface area contributed by atoms with Crippen LogP contribution in [0.25, 0.3) is 11.3 Å². The molecule has 4 rings (SSSR count). The van der Waals surface area contributed by atoms with Gasteiger partial charge in [-0.1, -0.05) is 30.3 Å². The van der Waals surface area contributed by atoms with Crippen molar-refractivity contribution < 1.29 is 9.53 Å². The number of nitrogens with zero attached hydrogens (tertiary/aromatic N) is 3. The Labute approximate surface area is 193 Å². The topological polar surface area (TPSA) is 86.1 Å². The fourth-order valence-corrected chi connectivity index (χ4v) is 4.01. The molecular formula is C23H20N4O3S2. The molecule has 0 atom stereocenters. The van der Waals surface area contributed by atoms with E-state index in [1.807, 2.05) is 66.2 Å². The van der Waals surface area contributed by atoms with Crippen LogP contribution in [0.5, 0.6) is 5.75 Å². The average molecular weight is 465 g/mol. The maximum absolute atomic E-state index is 12.6. The molecule has 2 heterocycles. The van der Waals surface area contributed by atoms with Crippen molar-refractivity contribution in [2.24, 2.45) is 0 Å². The largest absolute Gasteiger partial charge is 0.492 e. The molecule has 4 aromatic rings. The molecule has 0 radical (unpaired) electrons. The number of nitrogens with one attached hydrogen (secondary N) is 1. The van der Waals surface area contributed by atoms with Gasteiger partial charge in [-0.25, -0.2) is 9.67 Å². The molecule has 32 heavy (non-hydrogen) atoms. The molecule has 0 saturated heterocycles. The Morgan fingerprint density at radius 2 is 1.88 bits per heavy atom. The van der Waals surface area contributed by atoms with Gasteiger partial charge in [-0.3, -0.25) is 14.9 Å². The molecule has 7 nitrogen and oxygen atoms in total. The van der Waals surface area contributed by atoms with Gasteiger partial charge in [0.05, 0.1) is 12.2 Å². The van der Waals surface area contributed by atoms with E-state index >= 15 is 0 Å². The first-order valence-electron chi connectivity index (χ1n) is 9.80. The second-order valence-electron chi connectivity index (χ2n) is 6.66. The van der Waals surface area contributed by atoms with Crippen molar-refractivity contribution in [1.29, 1.82) is 0 Å². The third kappa shape index (κ3) is 5.43. The molecule has 0 saturated carbocycles. The van der Waals surface area contributed by atoms with Gasteiger partial charge in [-0.2, -0.15) is 5.10 Å². The lowest BCUT2D eigenvalue weighted by molar-refractivity contribution is 0.101. The first-order valence-corrected chi connectivity index (χ1v) is 11.9. The van der Waals surface area contributed by atoms with E-state index < -0.39 is 5.91 Å². The highest BCUT2D eigenvalue weighted by Gasteiger charge is 2.13. The number of ether oxygens (including phenoxy) is 1. The van der Waals surface area contributed by atoms with Crippen molar-refractivity contribution in [1.82, 2.24) is 14.8 Å². The molecule has 1 N–H and O–H groups in total. The molecule has 162 valence electrons. The van der Waals surface area contributed by atoms with Crippen LogP contribution in [0.2, 0.25) is 0 Å². The summed E-state index contributed by atoms with van der Waals surface area (Å²) in [5, 5.41) is 9.28.